The number of ether oxygens (including phenoxy) is 2. The first-order valence-corrected chi connectivity index (χ1v) is 7.16. The Hall–Kier alpha value is -2.41. The molecule has 1 N–H and O–H groups in total. The highest BCUT2D eigenvalue weighted by Gasteiger charge is 2.09. The van der Waals surface area contributed by atoms with E-state index in [0.29, 0.717) is 23.1 Å². The molecule has 0 aliphatic rings. The molecule has 0 fully saturated rings. The highest BCUT2D eigenvalue weighted by Crippen LogP contribution is 2.15. The Bertz CT molecular complexity index is 613. The van der Waals surface area contributed by atoms with E-state index in [1.165, 1.54) is 17.4 Å². The Labute approximate surface area is 125 Å². The fraction of sp³-hybridized carbons (Fsp3) is 0.214. The molecule has 0 unspecified atom stereocenters. The van der Waals surface area contributed by atoms with E-state index in [1.54, 1.807) is 36.7 Å². The predicted octanol–water partition coefficient (Wildman–Crippen LogP) is 2.34. The van der Waals surface area contributed by atoms with E-state index in [4.69, 9.17) is 9.47 Å². The third-order valence-corrected chi connectivity index (χ3v) is 3.08. The summed E-state index contributed by atoms with van der Waals surface area (Å²) in [5.74, 6) is -0.309. The highest BCUT2D eigenvalue weighted by molar-refractivity contribution is 7.13. The van der Waals surface area contributed by atoms with E-state index < -0.39 is 5.97 Å². The Morgan fingerprint density at radius 1 is 1.38 bits per heavy atom. The lowest BCUT2D eigenvalue weighted by molar-refractivity contribution is -0.118. The average molecular weight is 306 g/mol. The first-order chi connectivity index (χ1) is 10.2. The summed E-state index contributed by atoms with van der Waals surface area (Å²) in [6, 6.07) is 6.49. The molecule has 0 atom stereocenters. The number of nitrogens with one attached hydrogen (secondary N) is 1. The molecule has 1 aromatic heterocycles. The lowest BCUT2D eigenvalue weighted by Crippen LogP contribution is -2.20. The second kappa shape index (κ2) is 7.39. The van der Waals surface area contributed by atoms with Gasteiger partial charge in [0.1, 0.15) is 5.75 Å². The summed E-state index contributed by atoms with van der Waals surface area (Å²) in [4.78, 5) is 27.2. The quantitative estimate of drug-likeness (QED) is 0.829. The van der Waals surface area contributed by atoms with Crippen LogP contribution in [-0.4, -0.2) is 30.1 Å². The fourth-order valence-electron chi connectivity index (χ4n) is 1.52. The number of rotatable bonds is 6. The maximum absolute atomic E-state index is 11.6. The zero-order valence-electron chi connectivity index (χ0n) is 11.4. The van der Waals surface area contributed by atoms with Gasteiger partial charge in [-0.1, -0.05) is 6.07 Å². The molecule has 6 nitrogen and oxygen atoms in total. The van der Waals surface area contributed by atoms with Gasteiger partial charge in [-0.3, -0.25) is 10.1 Å². The molecule has 7 heteroatoms. The smallest absolute Gasteiger partial charge is 0.338 e. The molecule has 1 aromatic carbocycles. The van der Waals surface area contributed by atoms with Gasteiger partial charge in [0.25, 0.3) is 5.91 Å². The zero-order chi connectivity index (χ0) is 15.1. The molecule has 0 aliphatic heterocycles. The fourth-order valence-corrected chi connectivity index (χ4v) is 2.06. The molecule has 0 aliphatic carbocycles. The second-order valence-corrected chi connectivity index (χ2v) is 4.82. The number of aromatic nitrogens is 1. The average Bonchev–Trinajstić information content (AvgIpc) is 2.98. The standard InChI is InChI=1S/C14H14N2O4S/c1-2-19-13(18)10-4-3-5-11(8-10)20-9-12(17)16-14-15-6-7-21-14/h3-8H,2,9H2,1H3,(H,15,16,17). The van der Waals surface area contributed by atoms with E-state index in [-0.39, 0.29) is 12.5 Å². The number of esters is 1. The van der Waals surface area contributed by atoms with E-state index in [1.807, 2.05) is 0 Å². The molecule has 0 radical (unpaired) electrons. The maximum atomic E-state index is 11.6. The normalized spacial score (nSPS) is 9.95. The molecule has 0 spiro atoms. The summed E-state index contributed by atoms with van der Waals surface area (Å²) in [6.45, 7) is 1.88. The number of anilines is 1. The van der Waals surface area contributed by atoms with Gasteiger partial charge in [0.2, 0.25) is 0 Å². The molecule has 0 bridgehead atoms. The van der Waals surface area contributed by atoms with Crippen LogP contribution in [0.4, 0.5) is 5.13 Å². The topological polar surface area (TPSA) is 77.5 Å². The van der Waals surface area contributed by atoms with Crippen molar-refractivity contribution in [1.29, 1.82) is 0 Å². The number of nitrogens with zero attached hydrogens (tertiary/aromatic N) is 1. The molecule has 2 rings (SSSR count). The van der Waals surface area contributed by atoms with Gasteiger partial charge in [0.05, 0.1) is 12.2 Å². The van der Waals surface area contributed by atoms with Crippen molar-refractivity contribution in [2.45, 2.75) is 6.92 Å². The summed E-state index contributed by atoms with van der Waals surface area (Å²) in [5, 5.41) is 4.88. The van der Waals surface area contributed by atoms with E-state index in [2.05, 4.69) is 10.3 Å². The monoisotopic (exact) mass is 306 g/mol. The summed E-state index contributed by atoms with van der Waals surface area (Å²) in [6.07, 6.45) is 1.60. The summed E-state index contributed by atoms with van der Waals surface area (Å²) >= 11 is 1.32. The molecule has 0 saturated carbocycles. The van der Waals surface area contributed by atoms with E-state index >= 15 is 0 Å². The molecule has 0 saturated heterocycles. The second-order valence-electron chi connectivity index (χ2n) is 3.92. The number of thiazole rings is 1. The lowest BCUT2D eigenvalue weighted by Gasteiger charge is -2.07. The summed E-state index contributed by atoms with van der Waals surface area (Å²) < 4.78 is 10.2. The van der Waals surface area contributed by atoms with Gasteiger partial charge in [0, 0.05) is 11.6 Å². The molecule has 2 aromatic rings. The highest BCUT2D eigenvalue weighted by atomic mass is 32.1. The summed E-state index contributed by atoms with van der Waals surface area (Å²) in [7, 11) is 0. The minimum Gasteiger partial charge on any atom is -0.484 e. The number of hydrogen-bond acceptors (Lipinski definition) is 6. The van der Waals surface area contributed by atoms with Crippen molar-refractivity contribution in [2.75, 3.05) is 18.5 Å². The first kappa shape index (κ1) is 15.0. The van der Waals surface area contributed by atoms with Crippen LogP contribution in [0.2, 0.25) is 0 Å². The minimum absolute atomic E-state index is 0.161. The maximum Gasteiger partial charge on any atom is 0.338 e. The van der Waals surface area contributed by atoms with Crippen LogP contribution in [0.25, 0.3) is 0 Å². The first-order valence-electron chi connectivity index (χ1n) is 6.28. The molecule has 110 valence electrons. The molecular formula is C14H14N2O4S. The lowest BCUT2D eigenvalue weighted by atomic mass is 10.2. The van der Waals surface area contributed by atoms with Gasteiger partial charge in [-0.2, -0.15) is 0 Å². The van der Waals surface area contributed by atoms with Crippen LogP contribution in [0.15, 0.2) is 35.8 Å². The van der Waals surface area contributed by atoms with Gasteiger partial charge in [0.15, 0.2) is 11.7 Å². The Kier molecular flexibility index (Phi) is 5.28. The van der Waals surface area contributed by atoms with Crippen molar-refractivity contribution in [3.8, 4) is 5.75 Å². The van der Waals surface area contributed by atoms with Crippen LogP contribution in [-0.2, 0) is 9.53 Å². The number of carbonyl (C=O) groups is 2. The van der Waals surface area contributed by atoms with Crippen LogP contribution < -0.4 is 10.1 Å². The third-order valence-electron chi connectivity index (χ3n) is 2.39. The molecule has 21 heavy (non-hydrogen) atoms. The molecule has 1 heterocycles. The Morgan fingerprint density at radius 2 is 2.24 bits per heavy atom. The number of carbonyl (C=O) groups excluding carboxylic acids is 2. The van der Waals surface area contributed by atoms with Crippen molar-refractivity contribution in [2.24, 2.45) is 0 Å². The molecule has 1 amide bonds. The van der Waals surface area contributed by atoms with E-state index in [9.17, 15) is 9.59 Å². The predicted molar refractivity (Wildman–Crippen MR) is 78.6 cm³/mol. The minimum atomic E-state index is -0.421. The molecular weight excluding hydrogens is 292 g/mol. The summed E-state index contributed by atoms with van der Waals surface area (Å²) in [5.41, 5.74) is 0.384. The Balaban J connectivity index is 1.89. The van der Waals surface area contributed by atoms with Gasteiger partial charge in [-0.15, -0.1) is 11.3 Å². The van der Waals surface area contributed by atoms with Crippen molar-refractivity contribution in [1.82, 2.24) is 4.98 Å². The van der Waals surface area contributed by atoms with Crippen LogP contribution in [0.1, 0.15) is 17.3 Å². The number of benzene rings is 1. The van der Waals surface area contributed by atoms with Crippen molar-refractivity contribution in [3.63, 3.8) is 0 Å². The van der Waals surface area contributed by atoms with Gasteiger partial charge < -0.3 is 9.47 Å². The van der Waals surface area contributed by atoms with Crippen LogP contribution in [0, 0.1) is 0 Å². The third kappa shape index (κ3) is 4.57. The SMILES string of the molecule is CCOC(=O)c1cccc(OCC(=O)Nc2nccs2)c1. The van der Waals surface area contributed by atoms with Gasteiger partial charge in [-0.05, 0) is 25.1 Å². The van der Waals surface area contributed by atoms with Crippen LogP contribution in [0.3, 0.4) is 0 Å². The number of hydrogen-bond donors (Lipinski definition) is 1. The van der Waals surface area contributed by atoms with E-state index in [0.717, 1.165) is 0 Å². The van der Waals surface area contributed by atoms with Crippen molar-refractivity contribution < 1.29 is 19.1 Å². The van der Waals surface area contributed by atoms with Gasteiger partial charge >= 0.3 is 5.97 Å². The van der Waals surface area contributed by atoms with Crippen molar-refractivity contribution in [3.05, 3.63) is 41.4 Å². The largest absolute Gasteiger partial charge is 0.484 e. The van der Waals surface area contributed by atoms with Gasteiger partial charge in [-0.25, -0.2) is 9.78 Å². The van der Waals surface area contributed by atoms with Crippen LogP contribution in [0.5, 0.6) is 5.75 Å². The van der Waals surface area contributed by atoms with Crippen molar-refractivity contribution >= 4 is 28.3 Å². The Morgan fingerprint density at radius 3 is 2.95 bits per heavy atom. The van der Waals surface area contributed by atoms with Crippen LogP contribution >= 0.6 is 11.3 Å². The number of amides is 1. The zero-order valence-corrected chi connectivity index (χ0v) is 12.2.